The smallest absolute Gasteiger partial charge is 0.282 e. The zero-order valence-corrected chi connectivity index (χ0v) is 5.18. The molecule has 50 valence electrons. The van der Waals surface area contributed by atoms with Crippen molar-refractivity contribution in [1.29, 1.82) is 0 Å². The quantitative estimate of drug-likeness (QED) is 0.470. The molecular formula is CH3F2O3S2+. The third-order valence-corrected chi connectivity index (χ3v) is 2.14. The molecule has 0 radical (unpaired) electrons. The SMILES string of the molecule is O=S(=O)(O)C[S+](F)F. The Hall–Kier alpha value is 0.120. The molecule has 0 aromatic heterocycles. The van der Waals surface area contributed by atoms with Crippen molar-refractivity contribution in [2.45, 2.75) is 0 Å². The first-order valence-corrected chi connectivity index (χ1v) is 4.21. The first-order chi connectivity index (χ1) is 3.42. The minimum atomic E-state index is -4.46. The van der Waals surface area contributed by atoms with Gasteiger partial charge in [-0.05, 0) is 0 Å². The van der Waals surface area contributed by atoms with E-state index in [4.69, 9.17) is 4.55 Å². The Bertz CT molecular complexity index is 149. The van der Waals surface area contributed by atoms with E-state index in [-0.39, 0.29) is 0 Å². The normalized spacial score (nSPS) is 12.5. The molecule has 0 aromatic carbocycles. The van der Waals surface area contributed by atoms with E-state index in [1.807, 2.05) is 0 Å². The second-order valence-electron chi connectivity index (χ2n) is 0.976. The molecule has 0 aliphatic rings. The maximum absolute atomic E-state index is 11.0. The lowest BCUT2D eigenvalue weighted by molar-refractivity contribution is 0.488. The van der Waals surface area contributed by atoms with Gasteiger partial charge in [0.25, 0.3) is 0 Å². The van der Waals surface area contributed by atoms with Crippen LogP contribution in [0.2, 0.25) is 0 Å². The van der Waals surface area contributed by atoms with Gasteiger partial charge < -0.3 is 0 Å². The highest BCUT2D eigenvalue weighted by molar-refractivity contribution is 8.03. The van der Waals surface area contributed by atoms with Gasteiger partial charge in [-0.1, -0.05) is 0 Å². The van der Waals surface area contributed by atoms with Gasteiger partial charge in [0, 0.05) is 0 Å². The Balaban J connectivity index is 3.75. The van der Waals surface area contributed by atoms with Crippen molar-refractivity contribution in [2.24, 2.45) is 0 Å². The summed E-state index contributed by atoms with van der Waals surface area (Å²) in [6, 6.07) is 0. The molecular weight excluding hydrogens is 162 g/mol. The second kappa shape index (κ2) is 2.60. The lowest BCUT2D eigenvalue weighted by atomic mass is 11.9. The van der Waals surface area contributed by atoms with Crippen molar-refractivity contribution in [3.8, 4) is 0 Å². The van der Waals surface area contributed by atoms with Crippen LogP contribution in [-0.4, -0.2) is 18.1 Å². The molecule has 0 amide bonds. The van der Waals surface area contributed by atoms with Crippen LogP contribution < -0.4 is 0 Å². The van der Waals surface area contributed by atoms with Crippen molar-refractivity contribution in [3.63, 3.8) is 0 Å². The molecule has 0 aliphatic heterocycles. The van der Waals surface area contributed by atoms with Crippen LogP contribution in [0.4, 0.5) is 7.77 Å². The van der Waals surface area contributed by atoms with Crippen LogP contribution >= 0.6 is 0 Å². The molecule has 8 heavy (non-hydrogen) atoms. The molecule has 0 unspecified atom stereocenters. The van der Waals surface area contributed by atoms with Gasteiger partial charge in [-0.25, -0.2) is 0 Å². The third kappa shape index (κ3) is 6.12. The van der Waals surface area contributed by atoms with Gasteiger partial charge in [-0.15, -0.1) is 0 Å². The molecule has 3 nitrogen and oxygen atoms in total. The fourth-order valence-corrected chi connectivity index (χ4v) is 1.01. The predicted octanol–water partition coefficient (Wildman–Crippen LogP) is 0.219. The van der Waals surface area contributed by atoms with Crippen molar-refractivity contribution < 1.29 is 20.7 Å². The fourth-order valence-electron chi connectivity index (χ4n) is 0.113. The first-order valence-electron chi connectivity index (χ1n) is 1.40. The summed E-state index contributed by atoms with van der Waals surface area (Å²) >= 11 is -3.22. The van der Waals surface area contributed by atoms with Crippen molar-refractivity contribution in [2.75, 3.05) is 5.08 Å². The first kappa shape index (κ1) is 8.12. The summed E-state index contributed by atoms with van der Waals surface area (Å²) in [6.45, 7) is 0. The largest absolute Gasteiger partial charge is 0.442 e. The molecule has 0 rings (SSSR count). The van der Waals surface area contributed by atoms with E-state index in [0.29, 0.717) is 0 Å². The Morgan fingerprint density at radius 3 is 1.88 bits per heavy atom. The Morgan fingerprint density at radius 1 is 1.50 bits per heavy atom. The number of hydrogen-bond donors (Lipinski definition) is 1. The summed E-state index contributed by atoms with van der Waals surface area (Å²) in [5.41, 5.74) is 0. The molecule has 0 bridgehead atoms. The molecule has 0 fully saturated rings. The summed E-state index contributed by atoms with van der Waals surface area (Å²) in [5, 5.41) is -1.45. The lowest BCUT2D eigenvalue weighted by Crippen LogP contribution is -2.07. The Kier molecular flexibility index (Phi) is 2.64. The van der Waals surface area contributed by atoms with E-state index in [0.717, 1.165) is 0 Å². The minimum absolute atomic E-state index is 1.45. The van der Waals surface area contributed by atoms with Gasteiger partial charge in [0.15, 0.2) is 0 Å². The van der Waals surface area contributed by atoms with Crippen LogP contribution in [0.15, 0.2) is 0 Å². The van der Waals surface area contributed by atoms with E-state index < -0.39 is 26.9 Å². The summed E-state index contributed by atoms with van der Waals surface area (Å²) in [4.78, 5) is 0. The summed E-state index contributed by atoms with van der Waals surface area (Å²) < 4.78 is 48.8. The van der Waals surface area contributed by atoms with E-state index in [9.17, 15) is 16.2 Å². The predicted molar refractivity (Wildman–Crippen MR) is 26.0 cm³/mol. The van der Waals surface area contributed by atoms with Gasteiger partial charge in [0.1, 0.15) is 0 Å². The highest BCUT2D eigenvalue weighted by Gasteiger charge is 2.27. The molecule has 0 saturated heterocycles. The zero-order chi connectivity index (χ0) is 6.78. The molecule has 0 saturated carbocycles. The molecule has 0 spiro atoms. The van der Waals surface area contributed by atoms with Crippen LogP contribution in [0, 0.1) is 0 Å². The Morgan fingerprint density at radius 2 is 1.88 bits per heavy atom. The molecule has 0 aromatic rings. The van der Waals surface area contributed by atoms with E-state index in [1.165, 1.54) is 0 Å². The van der Waals surface area contributed by atoms with Gasteiger partial charge in [0.2, 0.25) is 0 Å². The minimum Gasteiger partial charge on any atom is -0.282 e. The van der Waals surface area contributed by atoms with Crippen LogP contribution in [0.1, 0.15) is 0 Å². The van der Waals surface area contributed by atoms with E-state index in [2.05, 4.69) is 0 Å². The number of hydrogen-bond acceptors (Lipinski definition) is 2. The van der Waals surface area contributed by atoms with Gasteiger partial charge in [-0.3, -0.25) is 4.55 Å². The van der Waals surface area contributed by atoms with Crippen LogP contribution in [0.3, 0.4) is 0 Å². The number of halogens is 2. The Labute approximate surface area is 48.4 Å². The number of rotatable bonds is 2. The fraction of sp³-hybridized carbons (Fsp3) is 1.00. The third-order valence-electron chi connectivity index (χ3n) is 0.238. The average Bonchev–Trinajstić information content (AvgIpc) is 1.21. The standard InChI is InChI=1S/CH2F2O3S2/c2-7(3)1-8(4,5)6/h1H2/p+1. The second-order valence-corrected chi connectivity index (χ2v) is 3.64. The highest BCUT2D eigenvalue weighted by Crippen LogP contribution is 2.01. The highest BCUT2D eigenvalue weighted by atomic mass is 32.3. The molecule has 0 heterocycles. The topological polar surface area (TPSA) is 54.4 Å². The van der Waals surface area contributed by atoms with Gasteiger partial charge in [0.05, 0.1) is 7.77 Å². The van der Waals surface area contributed by atoms with Crippen LogP contribution in [-0.2, 0) is 21.8 Å². The van der Waals surface area contributed by atoms with Crippen molar-refractivity contribution >= 4 is 21.8 Å². The van der Waals surface area contributed by atoms with Crippen molar-refractivity contribution in [1.82, 2.24) is 0 Å². The monoisotopic (exact) mass is 165 g/mol. The van der Waals surface area contributed by atoms with Crippen LogP contribution in [0.25, 0.3) is 0 Å². The molecule has 0 aliphatic carbocycles. The summed E-state index contributed by atoms with van der Waals surface area (Å²) in [6.07, 6.45) is 0. The van der Waals surface area contributed by atoms with E-state index >= 15 is 0 Å². The molecule has 1 N–H and O–H groups in total. The average molecular weight is 165 g/mol. The van der Waals surface area contributed by atoms with Gasteiger partial charge >= 0.3 is 26.9 Å². The maximum atomic E-state index is 11.0. The molecule has 0 atom stereocenters. The van der Waals surface area contributed by atoms with E-state index in [1.54, 1.807) is 0 Å². The lowest BCUT2D eigenvalue weighted by Gasteiger charge is -1.78. The van der Waals surface area contributed by atoms with Gasteiger partial charge in [-0.2, -0.15) is 8.42 Å². The van der Waals surface area contributed by atoms with Crippen LogP contribution in [0.5, 0.6) is 0 Å². The van der Waals surface area contributed by atoms with Crippen molar-refractivity contribution in [3.05, 3.63) is 0 Å². The summed E-state index contributed by atoms with van der Waals surface area (Å²) in [7, 11) is -4.46. The molecule has 7 heteroatoms. The maximum Gasteiger partial charge on any atom is 0.442 e. The zero-order valence-electron chi connectivity index (χ0n) is 3.54. The summed E-state index contributed by atoms with van der Waals surface area (Å²) in [5.74, 6) is 0.